The fourth-order valence-corrected chi connectivity index (χ4v) is 1.93. The summed E-state index contributed by atoms with van der Waals surface area (Å²) in [6.07, 6.45) is 0. The molecule has 0 unspecified atom stereocenters. The molecule has 0 amide bonds. The van der Waals surface area contributed by atoms with Gasteiger partial charge in [0.05, 0.1) is 12.0 Å². The number of nitrogens with zero attached hydrogens (tertiary/aromatic N) is 1. The van der Waals surface area contributed by atoms with E-state index in [4.69, 9.17) is 4.74 Å². The summed E-state index contributed by atoms with van der Waals surface area (Å²) in [5.41, 5.74) is 2.23. The van der Waals surface area contributed by atoms with Crippen LogP contribution in [0.25, 0.3) is 0 Å². The van der Waals surface area contributed by atoms with Crippen LogP contribution in [0.3, 0.4) is 0 Å². The van der Waals surface area contributed by atoms with E-state index in [1.165, 1.54) is 12.1 Å². The van der Waals surface area contributed by atoms with Crippen LogP contribution in [-0.2, 0) is 6.54 Å². The minimum atomic E-state index is -0.437. The summed E-state index contributed by atoms with van der Waals surface area (Å²) in [7, 11) is 1.55. The zero-order valence-corrected chi connectivity index (χ0v) is 11.8. The maximum atomic E-state index is 10.8. The number of anilines is 1. The van der Waals surface area contributed by atoms with Crippen molar-refractivity contribution in [2.24, 2.45) is 0 Å². The first-order valence-corrected chi connectivity index (χ1v) is 6.36. The third-order valence-electron chi connectivity index (χ3n) is 3.19. The topological polar surface area (TPSA) is 84.6 Å². The van der Waals surface area contributed by atoms with Crippen molar-refractivity contribution in [3.63, 3.8) is 0 Å². The number of nitro groups is 1. The van der Waals surface area contributed by atoms with Crippen molar-refractivity contribution in [2.75, 3.05) is 12.4 Å². The highest BCUT2D eigenvalue weighted by atomic mass is 16.6. The van der Waals surface area contributed by atoms with E-state index >= 15 is 0 Å². The molecule has 2 aromatic rings. The molecule has 0 saturated heterocycles. The van der Waals surface area contributed by atoms with Crippen molar-refractivity contribution in [1.82, 2.24) is 0 Å². The number of hydrogen-bond donors (Lipinski definition) is 2. The largest absolute Gasteiger partial charge is 0.508 e. The van der Waals surface area contributed by atoms with Gasteiger partial charge in [-0.05, 0) is 30.7 Å². The van der Waals surface area contributed by atoms with Crippen molar-refractivity contribution in [2.45, 2.75) is 13.5 Å². The second-order valence-electron chi connectivity index (χ2n) is 4.60. The number of non-ortho nitro benzene ring substituents is 1. The maximum Gasteiger partial charge on any atom is 0.271 e. The first-order valence-electron chi connectivity index (χ1n) is 6.36. The van der Waals surface area contributed by atoms with Crippen LogP contribution in [0, 0.1) is 17.0 Å². The van der Waals surface area contributed by atoms with Crippen LogP contribution in [0.5, 0.6) is 11.5 Å². The Morgan fingerprint density at radius 1 is 1.29 bits per heavy atom. The van der Waals surface area contributed by atoms with E-state index in [2.05, 4.69) is 5.32 Å². The normalized spacial score (nSPS) is 10.2. The quantitative estimate of drug-likeness (QED) is 0.651. The highest BCUT2D eigenvalue weighted by molar-refractivity contribution is 5.57. The van der Waals surface area contributed by atoms with Crippen molar-refractivity contribution in [3.8, 4) is 11.5 Å². The van der Waals surface area contributed by atoms with Crippen molar-refractivity contribution in [1.29, 1.82) is 0 Å². The predicted octanol–water partition coefficient (Wildman–Crippen LogP) is 3.23. The standard InChI is InChI=1S/C15H16N2O4/c1-10-3-4-12(17(19)20)8-14(10)16-9-11-7-13(21-2)5-6-15(11)18/h3-8,16,18H,9H2,1-2H3. The summed E-state index contributed by atoms with van der Waals surface area (Å²) in [5.74, 6) is 0.784. The lowest BCUT2D eigenvalue weighted by atomic mass is 10.1. The molecule has 6 heteroatoms. The number of methoxy groups -OCH3 is 1. The first kappa shape index (κ1) is 14.6. The number of phenols is 1. The van der Waals surface area contributed by atoms with Crippen LogP contribution >= 0.6 is 0 Å². The van der Waals surface area contributed by atoms with Gasteiger partial charge in [-0.2, -0.15) is 0 Å². The highest BCUT2D eigenvalue weighted by Crippen LogP contribution is 2.26. The molecule has 0 radical (unpaired) electrons. The lowest BCUT2D eigenvalue weighted by Crippen LogP contribution is -2.02. The summed E-state index contributed by atoms with van der Waals surface area (Å²) in [6.45, 7) is 2.20. The molecule has 0 atom stereocenters. The van der Waals surface area contributed by atoms with E-state index in [0.29, 0.717) is 23.5 Å². The molecule has 0 aliphatic rings. The van der Waals surface area contributed by atoms with E-state index in [1.807, 2.05) is 6.92 Å². The van der Waals surface area contributed by atoms with E-state index < -0.39 is 4.92 Å². The minimum absolute atomic E-state index is 0.0259. The fourth-order valence-electron chi connectivity index (χ4n) is 1.93. The van der Waals surface area contributed by atoms with Crippen molar-refractivity contribution >= 4 is 11.4 Å². The summed E-state index contributed by atoms with van der Waals surface area (Å²) < 4.78 is 5.11. The molecule has 0 saturated carbocycles. The van der Waals surface area contributed by atoms with Gasteiger partial charge in [-0.15, -0.1) is 0 Å². The average molecular weight is 288 g/mol. The van der Waals surface area contributed by atoms with Gasteiger partial charge in [0.1, 0.15) is 11.5 Å². The third-order valence-corrected chi connectivity index (χ3v) is 3.19. The number of aromatic hydroxyl groups is 1. The van der Waals surface area contributed by atoms with Gasteiger partial charge in [0, 0.05) is 29.9 Å². The molecular formula is C15H16N2O4. The number of nitrogens with one attached hydrogen (secondary N) is 1. The first-order chi connectivity index (χ1) is 10.0. The van der Waals surface area contributed by atoms with Crippen molar-refractivity contribution in [3.05, 3.63) is 57.6 Å². The summed E-state index contributed by atoms with van der Waals surface area (Å²) in [5, 5.41) is 23.7. The Balaban J connectivity index is 2.20. The monoisotopic (exact) mass is 288 g/mol. The van der Waals surface area contributed by atoms with E-state index in [9.17, 15) is 15.2 Å². The Morgan fingerprint density at radius 2 is 2.05 bits per heavy atom. The Morgan fingerprint density at radius 3 is 2.71 bits per heavy atom. The predicted molar refractivity (Wildman–Crippen MR) is 79.8 cm³/mol. The van der Waals surface area contributed by atoms with Gasteiger partial charge in [-0.3, -0.25) is 10.1 Å². The molecule has 0 spiro atoms. The Hall–Kier alpha value is -2.76. The van der Waals surface area contributed by atoms with Gasteiger partial charge in [-0.25, -0.2) is 0 Å². The molecule has 0 aliphatic carbocycles. The van der Waals surface area contributed by atoms with Crippen LogP contribution in [0.2, 0.25) is 0 Å². The molecule has 2 N–H and O–H groups in total. The van der Waals surface area contributed by atoms with Gasteiger partial charge in [0.2, 0.25) is 0 Å². The van der Waals surface area contributed by atoms with Gasteiger partial charge >= 0.3 is 0 Å². The molecule has 110 valence electrons. The average Bonchev–Trinajstić information content (AvgIpc) is 2.47. The number of benzene rings is 2. The van der Waals surface area contributed by atoms with Crippen LogP contribution < -0.4 is 10.1 Å². The molecule has 2 rings (SSSR count). The van der Waals surface area contributed by atoms with E-state index in [1.54, 1.807) is 31.4 Å². The molecule has 0 heterocycles. The number of phenolic OH excluding ortho intramolecular Hbond substituents is 1. The molecular weight excluding hydrogens is 272 g/mol. The number of rotatable bonds is 5. The second kappa shape index (κ2) is 6.13. The van der Waals surface area contributed by atoms with Crippen molar-refractivity contribution < 1.29 is 14.8 Å². The molecule has 0 fully saturated rings. The van der Waals surface area contributed by atoms with Crippen LogP contribution in [-0.4, -0.2) is 17.1 Å². The summed E-state index contributed by atoms with van der Waals surface area (Å²) in [4.78, 5) is 10.4. The zero-order valence-electron chi connectivity index (χ0n) is 11.8. The lowest BCUT2D eigenvalue weighted by Gasteiger charge is -2.11. The highest BCUT2D eigenvalue weighted by Gasteiger charge is 2.09. The maximum absolute atomic E-state index is 10.8. The summed E-state index contributed by atoms with van der Waals surface area (Å²) in [6, 6.07) is 9.56. The lowest BCUT2D eigenvalue weighted by molar-refractivity contribution is -0.384. The minimum Gasteiger partial charge on any atom is -0.508 e. The van der Waals surface area contributed by atoms with Gasteiger partial charge < -0.3 is 15.2 Å². The van der Waals surface area contributed by atoms with Crippen LogP contribution in [0.15, 0.2) is 36.4 Å². The summed E-state index contributed by atoms with van der Waals surface area (Å²) >= 11 is 0. The van der Waals surface area contributed by atoms with Gasteiger partial charge in [0.15, 0.2) is 0 Å². The molecule has 0 bridgehead atoms. The van der Waals surface area contributed by atoms with Gasteiger partial charge in [-0.1, -0.05) is 6.07 Å². The third kappa shape index (κ3) is 3.42. The zero-order chi connectivity index (χ0) is 15.4. The molecule has 0 aromatic heterocycles. The molecule has 2 aromatic carbocycles. The fraction of sp³-hybridized carbons (Fsp3) is 0.200. The number of hydrogen-bond acceptors (Lipinski definition) is 5. The van der Waals surface area contributed by atoms with Gasteiger partial charge in [0.25, 0.3) is 5.69 Å². The molecule has 0 aliphatic heterocycles. The van der Waals surface area contributed by atoms with Crippen LogP contribution in [0.1, 0.15) is 11.1 Å². The molecule has 6 nitrogen and oxygen atoms in total. The molecule has 21 heavy (non-hydrogen) atoms. The van der Waals surface area contributed by atoms with E-state index in [0.717, 1.165) is 5.56 Å². The number of aryl methyl sites for hydroxylation is 1. The van der Waals surface area contributed by atoms with E-state index in [-0.39, 0.29) is 11.4 Å². The number of ether oxygens (including phenoxy) is 1. The Labute approximate surface area is 122 Å². The SMILES string of the molecule is COc1ccc(O)c(CNc2cc([N+](=O)[O-])ccc2C)c1. The number of nitro benzene ring substituents is 1. The Bertz CT molecular complexity index is 671. The second-order valence-corrected chi connectivity index (χ2v) is 4.60. The smallest absolute Gasteiger partial charge is 0.271 e. The Kier molecular flexibility index (Phi) is 4.27. The van der Waals surface area contributed by atoms with Crippen LogP contribution in [0.4, 0.5) is 11.4 Å².